The molecule has 1 unspecified atom stereocenters. The van der Waals surface area contributed by atoms with Crippen molar-refractivity contribution in [1.29, 1.82) is 0 Å². The Balaban J connectivity index is 2.48. The Morgan fingerprint density at radius 3 is 2.85 bits per heavy atom. The molecule has 1 rings (SSSR count). The summed E-state index contributed by atoms with van der Waals surface area (Å²) in [6.45, 7) is 3.39. The van der Waals surface area contributed by atoms with Gasteiger partial charge in [0.05, 0.1) is 6.54 Å². The van der Waals surface area contributed by atoms with Crippen molar-refractivity contribution in [3.8, 4) is 0 Å². The number of aryl methyl sites for hydroxylation is 1. The summed E-state index contributed by atoms with van der Waals surface area (Å²) >= 11 is 0. The molecule has 0 saturated heterocycles. The molecule has 13 heavy (non-hydrogen) atoms. The van der Waals surface area contributed by atoms with E-state index in [1.54, 1.807) is 19.1 Å². The molecule has 0 saturated carbocycles. The molecule has 1 aromatic rings. The predicted molar refractivity (Wildman–Crippen MR) is 47.1 cm³/mol. The van der Waals surface area contributed by atoms with E-state index in [0.717, 1.165) is 5.76 Å². The van der Waals surface area contributed by atoms with E-state index < -0.39 is 6.10 Å². The van der Waals surface area contributed by atoms with Crippen molar-refractivity contribution in [3.05, 3.63) is 23.7 Å². The van der Waals surface area contributed by atoms with Gasteiger partial charge in [-0.05, 0) is 19.1 Å². The van der Waals surface area contributed by atoms with E-state index in [1.165, 1.54) is 6.92 Å². The van der Waals surface area contributed by atoms with Gasteiger partial charge in [-0.3, -0.25) is 4.79 Å². The van der Waals surface area contributed by atoms with Gasteiger partial charge in [0.25, 0.3) is 0 Å². The molecule has 2 N–H and O–H groups in total. The number of nitrogens with one attached hydrogen (secondary N) is 1. The van der Waals surface area contributed by atoms with Gasteiger partial charge in [-0.25, -0.2) is 0 Å². The van der Waals surface area contributed by atoms with Crippen LogP contribution in [0.1, 0.15) is 24.5 Å². The average molecular weight is 183 g/mol. The SMILES string of the molecule is CC(=O)NCC(O)c1ccc(C)o1. The van der Waals surface area contributed by atoms with Gasteiger partial charge in [-0.1, -0.05) is 0 Å². The summed E-state index contributed by atoms with van der Waals surface area (Å²) in [6.07, 6.45) is -0.766. The normalized spacial score (nSPS) is 12.5. The number of hydrogen-bond donors (Lipinski definition) is 2. The maximum Gasteiger partial charge on any atom is 0.216 e. The third-order valence-electron chi connectivity index (χ3n) is 1.63. The molecule has 1 amide bonds. The van der Waals surface area contributed by atoms with Crippen molar-refractivity contribution in [3.63, 3.8) is 0 Å². The quantitative estimate of drug-likeness (QED) is 0.727. The fraction of sp³-hybridized carbons (Fsp3) is 0.444. The van der Waals surface area contributed by atoms with Gasteiger partial charge in [-0.2, -0.15) is 0 Å². The van der Waals surface area contributed by atoms with Crippen LogP contribution in [0.25, 0.3) is 0 Å². The highest BCUT2D eigenvalue weighted by Crippen LogP contribution is 2.14. The molecule has 1 aromatic heterocycles. The molecule has 0 spiro atoms. The number of aliphatic hydroxyl groups is 1. The van der Waals surface area contributed by atoms with Crippen LogP contribution < -0.4 is 5.32 Å². The molecule has 0 aromatic carbocycles. The molecule has 1 atom stereocenters. The van der Waals surface area contributed by atoms with Gasteiger partial charge in [0.15, 0.2) is 0 Å². The van der Waals surface area contributed by atoms with Crippen LogP contribution in [0, 0.1) is 6.92 Å². The van der Waals surface area contributed by atoms with Crippen molar-refractivity contribution < 1.29 is 14.3 Å². The lowest BCUT2D eigenvalue weighted by Gasteiger charge is -2.07. The van der Waals surface area contributed by atoms with Crippen molar-refractivity contribution in [2.45, 2.75) is 20.0 Å². The number of furan rings is 1. The molecule has 1 heterocycles. The molecule has 0 aliphatic rings. The van der Waals surface area contributed by atoms with Crippen LogP contribution in [0.3, 0.4) is 0 Å². The minimum atomic E-state index is -0.766. The molecule has 4 nitrogen and oxygen atoms in total. The Bertz CT molecular complexity index is 293. The van der Waals surface area contributed by atoms with Gasteiger partial charge in [0.2, 0.25) is 5.91 Å². The zero-order valence-corrected chi connectivity index (χ0v) is 7.70. The molecule has 0 radical (unpaired) electrons. The average Bonchev–Trinajstić information content (AvgIpc) is 2.47. The lowest BCUT2D eigenvalue weighted by molar-refractivity contribution is -0.119. The Hall–Kier alpha value is -1.29. The second-order valence-electron chi connectivity index (χ2n) is 2.90. The van der Waals surface area contributed by atoms with Gasteiger partial charge in [0.1, 0.15) is 17.6 Å². The fourth-order valence-corrected chi connectivity index (χ4v) is 0.974. The van der Waals surface area contributed by atoms with Crippen LogP contribution in [0.4, 0.5) is 0 Å². The summed E-state index contributed by atoms with van der Waals surface area (Å²) < 4.78 is 5.18. The van der Waals surface area contributed by atoms with Gasteiger partial charge in [-0.15, -0.1) is 0 Å². The molecule has 0 aliphatic carbocycles. The third kappa shape index (κ3) is 2.91. The highest BCUT2D eigenvalue weighted by atomic mass is 16.4. The zero-order chi connectivity index (χ0) is 9.84. The number of amides is 1. The molecule has 0 aliphatic heterocycles. The van der Waals surface area contributed by atoms with E-state index in [0.29, 0.717) is 5.76 Å². The van der Waals surface area contributed by atoms with Crippen LogP contribution >= 0.6 is 0 Å². The summed E-state index contributed by atoms with van der Waals surface area (Å²) in [6, 6.07) is 3.47. The predicted octanol–water partition coefficient (Wildman–Crippen LogP) is 0.758. The number of carbonyl (C=O) groups is 1. The summed E-state index contributed by atoms with van der Waals surface area (Å²) in [5.41, 5.74) is 0. The van der Waals surface area contributed by atoms with Crippen molar-refractivity contribution in [1.82, 2.24) is 5.32 Å². The molecular weight excluding hydrogens is 170 g/mol. The first-order valence-electron chi connectivity index (χ1n) is 4.08. The second kappa shape index (κ2) is 4.09. The van der Waals surface area contributed by atoms with Crippen molar-refractivity contribution in [2.24, 2.45) is 0 Å². The lowest BCUT2D eigenvalue weighted by Crippen LogP contribution is -2.25. The topological polar surface area (TPSA) is 62.5 Å². The highest BCUT2D eigenvalue weighted by molar-refractivity contribution is 5.72. The van der Waals surface area contributed by atoms with Crippen LogP contribution in [-0.4, -0.2) is 17.6 Å². The van der Waals surface area contributed by atoms with E-state index in [1.807, 2.05) is 0 Å². The number of hydrogen-bond acceptors (Lipinski definition) is 3. The fourth-order valence-electron chi connectivity index (χ4n) is 0.974. The number of aliphatic hydroxyl groups excluding tert-OH is 1. The first-order valence-corrected chi connectivity index (χ1v) is 4.08. The first kappa shape index (κ1) is 9.80. The molecule has 72 valence electrons. The standard InChI is InChI=1S/C9H13NO3/c1-6-3-4-9(13-6)8(12)5-10-7(2)11/h3-4,8,12H,5H2,1-2H3,(H,10,11). The summed E-state index contributed by atoms with van der Waals surface area (Å²) in [5, 5.41) is 12.0. The zero-order valence-electron chi connectivity index (χ0n) is 7.70. The van der Waals surface area contributed by atoms with Gasteiger partial charge >= 0.3 is 0 Å². The summed E-state index contributed by atoms with van der Waals surface area (Å²) in [4.78, 5) is 10.5. The highest BCUT2D eigenvalue weighted by Gasteiger charge is 2.11. The van der Waals surface area contributed by atoms with E-state index in [2.05, 4.69) is 5.32 Å². The Labute approximate surface area is 76.6 Å². The Kier molecular flexibility index (Phi) is 3.08. The molecule has 4 heteroatoms. The van der Waals surface area contributed by atoms with Gasteiger partial charge < -0.3 is 14.8 Å². The Morgan fingerprint density at radius 1 is 1.69 bits per heavy atom. The largest absolute Gasteiger partial charge is 0.464 e. The van der Waals surface area contributed by atoms with E-state index >= 15 is 0 Å². The minimum Gasteiger partial charge on any atom is -0.464 e. The van der Waals surface area contributed by atoms with Crippen LogP contribution in [-0.2, 0) is 4.79 Å². The van der Waals surface area contributed by atoms with E-state index in [-0.39, 0.29) is 12.5 Å². The van der Waals surface area contributed by atoms with Crippen LogP contribution in [0.15, 0.2) is 16.5 Å². The molecular formula is C9H13NO3. The van der Waals surface area contributed by atoms with Crippen molar-refractivity contribution >= 4 is 5.91 Å². The van der Waals surface area contributed by atoms with E-state index in [9.17, 15) is 9.90 Å². The smallest absolute Gasteiger partial charge is 0.216 e. The second-order valence-corrected chi connectivity index (χ2v) is 2.90. The van der Waals surface area contributed by atoms with Crippen LogP contribution in [0.5, 0.6) is 0 Å². The monoisotopic (exact) mass is 183 g/mol. The maximum absolute atomic E-state index is 10.5. The van der Waals surface area contributed by atoms with Crippen molar-refractivity contribution in [2.75, 3.05) is 6.54 Å². The first-order chi connectivity index (χ1) is 6.09. The molecule has 0 fully saturated rings. The van der Waals surface area contributed by atoms with Crippen LogP contribution in [0.2, 0.25) is 0 Å². The summed E-state index contributed by atoms with van der Waals surface area (Å²) in [5.74, 6) is 1.06. The maximum atomic E-state index is 10.5. The number of carbonyl (C=O) groups excluding carboxylic acids is 1. The minimum absolute atomic E-state index is 0.165. The number of rotatable bonds is 3. The third-order valence-corrected chi connectivity index (χ3v) is 1.63. The van der Waals surface area contributed by atoms with E-state index in [4.69, 9.17) is 4.42 Å². The lowest BCUT2D eigenvalue weighted by atomic mass is 10.3. The summed E-state index contributed by atoms with van der Waals surface area (Å²) in [7, 11) is 0. The molecule has 0 bridgehead atoms. The van der Waals surface area contributed by atoms with Gasteiger partial charge in [0, 0.05) is 6.92 Å². The Morgan fingerprint density at radius 2 is 2.38 bits per heavy atom.